The fourth-order valence-corrected chi connectivity index (χ4v) is 3.74. The van der Waals surface area contributed by atoms with Crippen molar-refractivity contribution in [3.8, 4) is 0 Å². The summed E-state index contributed by atoms with van der Waals surface area (Å²) in [5, 5.41) is 2.36. The molecule has 0 radical (unpaired) electrons. The van der Waals surface area contributed by atoms with E-state index >= 15 is 0 Å². The molecule has 2 atom stereocenters. The summed E-state index contributed by atoms with van der Waals surface area (Å²) in [5.74, 6) is 1.22. The van der Waals surface area contributed by atoms with Crippen LogP contribution in [0.1, 0.15) is 18.9 Å². The van der Waals surface area contributed by atoms with Crippen LogP contribution in [0, 0.1) is 5.92 Å². The molecule has 1 saturated heterocycles. The molecule has 2 nitrogen and oxygen atoms in total. The topological polar surface area (TPSA) is 20.3 Å². The third-order valence-corrected chi connectivity index (χ3v) is 4.90. The standard InChI is InChI=1S/C18H20ClNO/c1-13-9-10-20(17(13)12-19)18(21)11-15-7-4-6-14-5-2-3-8-16(14)15/h2-8,13,17H,9-12H2,1H3. The number of hydrogen-bond acceptors (Lipinski definition) is 1. The summed E-state index contributed by atoms with van der Waals surface area (Å²) in [6.45, 7) is 3.01. The molecule has 2 unspecified atom stereocenters. The smallest absolute Gasteiger partial charge is 0.227 e. The second-order valence-corrected chi connectivity index (χ2v) is 6.20. The molecular weight excluding hydrogens is 282 g/mol. The van der Waals surface area contributed by atoms with Crippen LogP contribution >= 0.6 is 11.6 Å². The van der Waals surface area contributed by atoms with Crippen molar-refractivity contribution in [1.82, 2.24) is 4.90 Å². The Morgan fingerprint density at radius 1 is 1.24 bits per heavy atom. The lowest BCUT2D eigenvalue weighted by molar-refractivity contribution is -0.131. The third kappa shape index (κ3) is 2.77. The first-order chi connectivity index (χ1) is 10.2. The van der Waals surface area contributed by atoms with Crippen LogP contribution in [0.5, 0.6) is 0 Å². The highest BCUT2D eigenvalue weighted by atomic mass is 35.5. The Bertz CT molecular complexity index is 649. The summed E-state index contributed by atoms with van der Waals surface area (Å²) in [7, 11) is 0. The van der Waals surface area contributed by atoms with Crippen LogP contribution in [0.2, 0.25) is 0 Å². The number of alkyl halides is 1. The van der Waals surface area contributed by atoms with Crippen LogP contribution in [0.25, 0.3) is 10.8 Å². The molecule has 0 aliphatic carbocycles. The van der Waals surface area contributed by atoms with E-state index in [1.165, 1.54) is 10.8 Å². The molecule has 21 heavy (non-hydrogen) atoms. The average molecular weight is 302 g/mol. The predicted molar refractivity (Wildman–Crippen MR) is 87.7 cm³/mol. The van der Waals surface area contributed by atoms with Gasteiger partial charge in [-0.2, -0.15) is 0 Å². The maximum atomic E-state index is 12.6. The van der Waals surface area contributed by atoms with Gasteiger partial charge in [0.05, 0.1) is 6.42 Å². The zero-order valence-corrected chi connectivity index (χ0v) is 13.0. The Morgan fingerprint density at radius 3 is 2.81 bits per heavy atom. The van der Waals surface area contributed by atoms with Crippen molar-refractivity contribution in [3.63, 3.8) is 0 Å². The van der Waals surface area contributed by atoms with E-state index in [4.69, 9.17) is 11.6 Å². The van der Waals surface area contributed by atoms with Crippen LogP contribution < -0.4 is 0 Å². The van der Waals surface area contributed by atoms with Gasteiger partial charge in [0.15, 0.2) is 0 Å². The van der Waals surface area contributed by atoms with Gasteiger partial charge in [-0.15, -0.1) is 11.6 Å². The Morgan fingerprint density at radius 2 is 2.00 bits per heavy atom. The molecule has 3 heteroatoms. The number of carbonyl (C=O) groups excluding carboxylic acids is 1. The molecule has 0 aromatic heterocycles. The van der Waals surface area contributed by atoms with Gasteiger partial charge in [0, 0.05) is 18.5 Å². The van der Waals surface area contributed by atoms with Crippen molar-refractivity contribution in [2.45, 2.75) is 25.8 Å². The lowest BCUT2D eigenvalue weighted by atomic mass is 10.0. The number of hydrogen-bond donors (Lipinski definition) is 0. The number of halogens is 1. The van der Waals surface area contributed by atoms with Crippen molar-refractivity contribution in [2.24, 2.45) is 5.92 Å². The minimum atomic E-state index is 0.189. The van der Waals surface area contributed by atoms with Gasteiger partial charge in [-0.3, -0.25) is 4.79 Å². The highest BCUT2D eigenvalue weighted by Gasteiger charge is 2.33. The van der Waals surface area contributed by atoms with E-state index in [0.29, 0.717) is 18.2 Å². The number of rotatable bonds is 3. The molecule has 0 bridgehead atoms. The Balaban J connectivity index is 1.84. The highest BCUT2D eigenvalue weighted by Crippen LogP contribution is 2.26. The number of benzene rings is 2. The van der Waals surface area contributed by atoms with Gasteiger partial charge in [-0.05, 0) is 28.7 Å². The third-order valence-electron chi connectivity index (χ3n) is 4.58. The minimum Gasteiger partial charge on any atom is -0.338 e. The van der Waals surface area contributed by atoms with Gasteiger partial charge in [0.2, 0.25) is 5.91 Å². The van der Waals surface area contributed by atoms with Gasteiger partial charge in [0.25, 0.3) is 0 Å². The Hall–Kier alpha value is -1.54. The Kier molecular flexibility index (Phi) is 4.16. The molecule has 2 aromatic rings. The summed E-state index contributed by atoms with van der Waals surface area (Å²) >= 11 is 6.05. The number of fused-ring (bicyclic) bond motifs is 1. The normalized spacial score (nSPS) is 21.9. The maximum Gasteiger partial charge on any atom is 0.227 e. The molecule has 0 spiro atoms. The van der Waals surface area contributed by atoms with E-state index < -0.39 is 0 Å². The van der Waals surface area contributed by atoms with Crippen LogP contribution in [0.3, 0.4) is 0 Å². The highest BCUT2D eigenvalue weighted by molar-refractivity contribution is 6.18. The molecule has 1 aliphatic rings. The molecular formula is C18H20ClNO. The minimum absolute atomic E-state index is 0.189. The first kappa shape index (κ1) is 14.4. The largest absolute Gasteiger partial charge is 0.338 e. The fraction of sp³-hybridized carbons (Fsp3) is 0.389. The van der Waals surface area contributed by atoms with Crippen LogP contribution in [-0.4, -0.2) is 29.3 Å². The molecule has 110 valence electrons. The molecule has 1 amide bonds. The maximum absolute atomic E-state index is 12.6. The SMILES string of the molecule is CC1CCN(C(=O)Cc2cccc3ccccc23)C1CCl. The van der Waals surface area contributed by atoms with Crippen molar-refractivity contribution < 1.29 is 4.79 Å². The van der Waals surface area contributed by atoms with Gasteiger partial charge in [0.1, 0.15) is 0 Å². The Labute approximate surface area is 130 Å². The van der Waals surface area contributed by atoms with Crippen LogP contribution in [0.15, 0.2) is 42.5 Å². The number of likely N-dealkylation sites (tertiary alicyclic amines) is 1. The second-order valence-electron chi connectivity index (χ2n) is 5.89. The molecule has 1 fully saturated rings. The average Bonchev–Trinajstić information content (AvgIpc) is 2.88. The molecule has 1 heterocycles. The van der Waals surface area contributed by atoms with Gasteiger partial charge in [-0.1, -0.05) is 49.4 Å². The van der Waals surface area contributed by atoms with Crippen molar-refractivity contribution in [3.05, 3.63) is 48.0 Å². The molecule has 1 aliphatic heterocycles. The van der Waals surface area contributed by atoms with Gasteiger partial charge < -0.3 is 4.90 Å². The first-order valence-electron chi connectivity index (χ1n) is 7.53. The number of amides is 1. The molecule has 2 aromatic carbocycles. The zero-order valence-electron chi connectivity index (χ0n) is 12.3. The number of nitrogens with zero attached hydrogens (tertiary/aromatic N) is 1. The fourth-order valence-electron chi connectivity index (χ4n) is 3.26. The van der Waals surface area contributed by atoms with Gasteiger partial charge >= 0.3 is 0 Å². The van der Waals surface area contributed by atoms with E-state index in [1.807, 2.05) is 23.1 Å². The summed E-state index contributed by atoms with van der Waals surface area (Å²) in [5.41, 5.74) is 1.10. The van der Waals surface area contributed by atoms with E-state index in [2.05, 4.69) is 31.2 Å². The second kappa shape index (κ2) is 6.07. The predicted octanol–water partition coefficient (Wildman–Crippen LogP) is 3.86. The van der Waals surface area contributed by atoms with Crippen LogP contribution in [0.4, 0.5) is 0 Å². The lowest BCUT2D eigenvalue weighted by Crippen LogP contribution is -2.39. The summed E-state index contributed by atoms with van der Waals surface area (Å²) in [6.07, 6.45) is 1.51. The summed E-state index contributed by atoms with van der Waals surface area (Å²) < 4.78 is 0. The van der Waals surface area contributed by atoms with Crippen LogP contribution in [-0.2, 0) is 11.2 Å². The van der Waals surface area contributed by atoms with E-state index in [0.717, 1.165) is 18.5 Å². The van der Waals surface area contributed by atoms with Gasteiger partial charge in [-0.25, -0.2) is 0 Å². The quantitative estimate of drug-likeness (QED) is 0.788. The summed E-state index contributed by atoms with van der Waals surface area (Å²) in [4.78, 5) is 14.6. The zero-order chi connectivity index (χ0) is 14.8. The van der Waals surface area contributed by atoms with Crippen molar-refractivity contribution in [1.29, 1.82) is 0 Å². The molecule has 0 saturated carbocycles. The van der Waals surface area contributed by atoms with E-state index in [-0.39, 0.29) is 11.9 Å². The monoisotopic (exact) mass is 301 g/mol. The van der Waals surface area contributed by atoms with Crippen molar-refractivity contribution >= 4 is 28.3 Å². The molecule has 0 N–H and O–H groups in total. The first-order valence-corrected chi connectivity index (χ1v) is 8.06. The van der Waals surface area contributed by atoms with Crippen molar-refractivity contribution in [2.75, 3.05) is 12.4 Å². The van der Waals surface area contributed by atoms with E-state index in [9.17, 15) is 4.79 Å². The molecule has 3 rings (SSSR count). The summed E-state index contributed by atoms with van der Waals surface area (Å²) in [6, 6.07) is 14.6. The van der Waals surface area contributed by atoms with E-state index in [1.54, 1.807) is 0 Å². The lowest BCUT2D eigenvalue weighted by Gasteiger charge is -2.25. The number of carbonyl (C=O) groups is 1.